The fourth-order valence-corrected chi connectivity index (χ4v) is 3.83. The van der Waals surface area contributed by atoms with Crippen LogP contribution in [-0.4, -0.2) is 83.1 Å². The van der Waals surface area contributed by atoms with Gasteiger partial charge in [0.05, 0.1) is 19.7 Å². The van der Waals surface area contributed by atoms with Gasteiger partial charge in [-0.1, -0.05) is 6.07 Å². The monoisotopic (exact) mass is 431 g/mol. The van der Waals surface area contributed by atoms with E-state index in [1.807, 2.05) is 28.0 Å². The lowest BCUT2D eigenvalue weighted by Crippen LogP contribution is -2.68. The summed E-state index contributed by atoms with van der Waals surface area (Å²) in [6.07, 6.45) is -0.113. The summed E-state index contributed by atoms with van der Waals surface area (Å²) in [5.74, 6) is -1.78. The Morgan fingerprint density at radius 2 is 1.90 bits per heavy atom. The van der Waals surface area contributed by atoms with Crippen molar-refractivity contribution in [2.75, 3.05) is 39.4 Å². The lowest BCUT2D eigenvalue weighted by Gasteiger charge is -2.50. The van der Waals surface area contributed by atoms with E-state index in [0.717, 1.165) is 39.0 Å². The fraction of sp³-hybridized carbons (Fsp3) is 0.632. The molecule has 0 saturated carbocycles. The first kappa shape index (κ1) is 22.1. The van der Waals surface area contributed by atoms with Crippen LogP contribution in [0.1, 0.15) is 19.3 Å². The molecular weight excluding hydrogens is 407 g/mol. The number of carboxylic acids is 1. The molecule has 30 heavy (non-hydrogen) atoms. The number of carbonyl (C=O) groups excluding carboxylic acids is 1. The highest BCUT2D eigenvalue weighted by Gasteiger charge is 2.55. The quantitative estimate of drug-likeness (QED) is 0.790. The SMILES string of the molecule is O=C(N1CCCC1)N1CC2(C1)OCCC2COc1ccccn1.O=C(O)C(F)(F)F. The second-order valence-electron chi connectivity index (χ2n) is 7.51. The van der Waals surface area contributed by atoms with Gasteiger partial charge in [-0.05, 0) is 25.3 Å². The number of likely N-dealkylation sites (tertiary alicyclic amines) is 2. The number of halogens is 3. The van der Waals surface area contributed by atoms with Crippen LogP contribution in [0.4, 0.5) is 18.0 Å². The van der Waals surface area contributed by atoms with E-state index in [9.17, 15) is 18.0 Å². The van der Waals surface area contributed by atoms with Gasteiger partial charge in [0.2, 0.25) is 5.88 Å². The number of aromatic nitrogens is 1. The van der Waals surface area contributed by atoms with Gasteiger partial charge in [-0.25, -0.2) is 14.6 Å². The van der Waals surface area contributed by atoms with Crippen molar-refractivity contribution in [2.24, 2.45) is 5.92 Å². The minimum absolute atomic E-state index is 0.174. The zero-order valence-electron chi connectivity index (χ0n) is 16.3. The van der Waals surface area contributed by atoms with Crippen LogP contribution in [0.3, 0.4) is 0 Å². The molecule has 11 heteroatoms. The number of carboxylic acid groups (broad SMARTS) is 1. The average molecular weight is 431 g/mol. The Morgan fingerprint density at radius 1 is 1.23 bits per heavy atom. The third kappa shape index (κ3) is 5.13. The van der Waals surface area contributed by atoms with Gasteiger partial charge in [0, 0.05) is 37.9 Å². The summed E-state index contributed by atoms with van der Waals surface area (Å²) < 4.78 is 43.6. The fourth-order valence-electron chi connectivity index (χ4n) is 3.83. The molecule has 1 atom stereocenters. The molecule has 4 rings (SSSR count). The molecule has 1 spiro atoms. The first-order valence-corrected chi connectivity index (χ1v) is 9.73. The van der Waals surface area contributed by atoms with Crippen LogP contribution in [0, 0.1) is 5.92 Å². The van der Waals surface area contributed by atoms with Crippen LogP contribution >= 0.6 is 0 Å². The van der Waals surface area contributed by atoms with E-state index < -0.39 is 12.1 Å². The maximum absolute atomic E-state index is 12.4. The lowest BCUT2D eigenvalue weighted by atomic mass is 9.81. The molecule has 0 radical (unpaired) electrons. The van der Waals surface area contributed by atoms with Crippen molar-refractivity contribution in [1.82, 2.24) is 14.8 Å². The Hall–Kier alpha value is -2.56. The van der Waals surface area contributed by atoms with E-state index in [1.165, 1.54) is 0 Å². The number of carbonyl (C=O) groups is 2. The number of pyridine rings is 1. The zero-order valence-corrected chi connectivity index (χ0v) is 16.3. The van der Waals surface area contributed by atoms with Crippen LogP contribution in [0.2, 0.25) is 0 Å². The Balaban J connectivity index is 0.000000318. The summed E-state index contributed by atoms with van der Waals surface area (Å²) >= 11 is 0. The van der Waals surface area contributed by atoms with Crippen molar-refractivity contribution >= 4 is 12.0 Å². The predicted molar refractivity (Wildman–Crippen MR) is 98.0 cm³/mol. The highest BCUT2D eigenvalue weighted by molar-refractivity contribution is 5.76. The molecule has 4 heterocycles. The van der Waals surface area contributed by atoms with Gasteiger partial charge in [-0.3, -0.25) is 0 Å². The number of alkyl halides is 3. The number of hydrogen-bond donors (Lipinski definition) is 1. The van der Waals surface area contributed by atoms with E-state index >= 15 is 0 Å². The van der Waals surface area contributed by atoms with Gasteiger partial charge in [-0.15, -0.1) is 0 Å². The van der Waals surface area contributed by atoms with Crippen LogP contribution in [-0.2, 0) is 9.53 Å². The molecular formula is C19H24F3N3O5. The number of ether oxygens (including phenoxy) is 2. The molecule has 166 valence electrons. The van der Waals surface area contributed by atoms with Crippen molar-refractivity contribution in [3.05, 3.63) is 24.4 Å². The molecule has 1 unspecified atom stereocenters. The summed E-state index contributed by atoms with van der Waals surface area (Å²) in [5.41, 5.74) is -0.204. The van der Waals surface area contributed by atoms with Gasteiger partial charge in [0.25, 0.3) is 0 Å². The molecule has 1 N–H and O–H groups in total. The third-order valence-electron chi connectivity index (χ3n) is 5.48. The summed E-state index contributed by atoms with van der Waals surface area (Å²) in [5, 5.41) is 7.12. The van der Waals surface area contributed by atoms with Crippen LogP contribution < -0.4 is 4.74 Å². The van der Waals surface area contributed by atoms with E-state index in [1.54, 1.807) is 6.20 Å². The zero-order chi connectivity index (χ0) is 21.8. The minimum atomic E-state index is -5.08. The van der Waals surface area contributed by atoms with Gasteiger partial charge in [-0.2, -0.15) is 13.2 Å². The molecule has 3 saturated heterocycles. The molecule has 1 aromatic rings. The first-order valence-electron chi connectivity index (χ1n) is 9.73. The average Bonchev–Trinajstić information content (AvgIpc) is 3.35. The van der Waals surface area contributed by atoms with Crippen molar-refractivity contribution in [3.63, 3.8) is 0 Å². The molecule has 3 aliphatic heterocycles. The maximum Gasteiger partial charge on any atom is 0.490 e. The number of hydrogen-bond acceptors (Lipinski definition) is 5. The Bertz CT molecular complexity index is 735. The molecule has 3 aliphatic rings. The van der Waals surface area contributed by atoms with Crippen LogP contribution in [0.15, 0.2) is 24.4 Å². The number of amides is 2. The second-order valence-corrected chi connectivity index (χ2v) is 7.51. The molecule has 3 fully saturated rings. The second kappa shape index (κ2) is 9.07. The highest BCUT2D eigenvalue weighted by Crippen LogP contribution is 2.40. The van der Waals surface area contributed by atoms with E-state index in [4.69, 9.17) is 19.4 Å². The molecule has 8 nitrogen and oxygen atoms in total. The van der Waals surface area contributed by atoms with E-state index in [-0.39, 0.29) is 11.6 Å². The highest BCUT2D eigenvalue weighted by atomic mass is 19.4. The smallest absolute Gasteiger partial charge is 0.477 e. The van der Waals surface area contributed by atoms with Crippen LogP contribution in [0.5, 0.6) is 5.88 Å². The van der Waals surface area contributed by atoms with Crippen molar-refractivity contribution in [3.8, 4) is 5.88 Å². The Labute approximate surface area is 171 Å². The van der Waals surface area contributed by atoms with Gasteiger partial charge in [0.1, 0.15) is 5.60 Å². The molecule has 0 aliphatic carbocycles. The van der Waals surface area contributed by atoms with Crippen LogP contribution in [0.25, 0.3) is 0 Å². The van der Waals surface area contributed by atoms with E-state index in [0.29, 0.717) is 31.5 Å². The predicted octanol–water partition coefficient (Wildman–Crippen LogP) is 2.40. The first-order chi connectivity index (χ1) is 14.2. The molecule has 2 amide bonds. The van der Waals surface area contributed by atoms with Crippen molar-refractivity contribution < 1.29 is 37.3 Å². The van der Waals surface area contributed by atoms with Gasteiger partial charge >= 0.3 is 18.2 Å². The number of rotatable bonds is 3. The normalized spacial score (nSPS) is 22.3. The Kier molecular flexibility index (Phi) is 6.69. The largest absolute Gasteiger partial charge is 0.490 e. The van der Waals surface area contributed by atoms with Gasteiger partial charge in [0.15, 0.2) is 0 Å². The van der Waals surface area contributed by atoms with Crippen molar-refractivity contribution in [2.45, 2.75) is 31.0 Å². The number of nitrogens with zero attached hydrogens (tertiary/aromatic N) is 3. The minimum Gasteiger partial charge on any atom is -0.477 e. The molecule has 0 bridgehead atoms. The summed E-state index contributed by atoms with van der Waals surface area (Å²) in [6.45, 7) is 4.53. The van der Waals surface area contributed by atoms with E-state index in [2.05, 4.69) is 4.98 Å². The summed E-state index contributed by atoms with van der Waals surface area (Å²) in [4.78, 5) is 29.4. The summed E-state index contributed by atoms with van der Waals surface area (Å²) in [6, 6.07) is 5.84. The lowest BCUT2D eigenvalue weighted by molar-refractivity contribution is -0.192. The topological polar surface area (TPSA) is 92.2 Å². The maximum atomic E-state index is 12.4. The molecule has 1 aromatic heterocycles. The van der Waals surface area contributed by atoms with Gasteiger partial charge < -0.3 is 24.4 Å². The summed E-state index contributed by atoms with van der Waals surface area (Å²) in [7, 11) is 0. The Morgan fingerprint density at radius 3 is 2.47 bits per heavy atom. The number of urea groups is 1. The van der Waals surface area contributed by atoms with Crippen molar-refractivity contribution in [1.29, 1.82) is 0 Å². The molecule has 0 aromatic carbocycles. The third-order valence-corrected chi connectivity index (χ3v) is 5.48. The standard InChI is InChI=1S/C17H23N3O3.C2HF3O2/c21-16(19-8-3-4-9-19)20-12-17(13-20)14(6-10-23-17)11-22-15-5-1-2-7-18-15;3-2(4,5)1(6)7/h1-2,5,7,14H,3-4,6,8-13H2;(H,6,7). The number of aliphatic carboxylic acids is 1.